The molecule has 0 aliphatic heterocycles. The zero-order valence-electron chi connectivity index (χ0n) is 9.58. The van der Waals surface area contributed by atoms with E-state index in [1.54, 1.807) is 0 Å². The van der Waals surface area contributed by atoms with Crippen LogP contribution >= 0.6 is 10.7 Å². The Kier molecular flexibility index (Phi) is 4.51. The normalized spacial score (nSPS) is 14.2. The van der Waals surface area contributed by atoms with E-state index in [1.165, 1.54) is 6.92 Å². The van der Waals surface area contributed by atoms with Gasteiger partial charge >= 0.3 is 6.18 Å². The number of carbonyl (C=O) groups excluding carboxylic acids is 1. The van der Waals surface area contributed by atoms with Gasteiger partial charge in [-0.15, -0.1) is 0 Å². The number of aromatic nitrogens is 1. The molecule has 1 unspecified atom stereocenters. The Labute approximate surface area is 111 Å². The van der Waals surface area contributed by atoms with Crippen LogP contribution in [-0.2, 0) is 9.05 Å². The van der Waals surface area contributed by atoms with Crippen molar-refractivity contribution in [1.29, 1.82) is 0 Å². The maximum atomic E-state index is 12.1. The molecule has 1 atom stereocenters. The minimum atomic E-state index is -4.40. The maximum absolute atomic E-state index is 12.1. The molecule has 5 nitrogen and oxygen atoms in total. The average Bonchev–Trinajstić information content (AvgIpc) is 2.61. The van der Waals surface area contributed by atoms with Crippen LogP contribution in [-0.4, -0.2) is 31.5 Å². The number of halogens is 4. The summed E-state index contributed by atoms with van der Waals surface area (Å²) in [6, 6.07) is -0.190. The van der Waals surface area contributed by atoms with Gasteiger partial charge in [0.1, 0.15) is 10.6 Å². The average molecular weight is 319 g/mol. The lowest BCUT2D eigenvalue weighted by Crippen LogP contribution is -2.36. The third-order valence-electron chi connectivity index (χ3n) is 2.10. The molecule has 0 aliphatic rings. The van der Waals surface area contributed by atoms with Crippen molar-refractivity contribution in [2.75, 3.05) is 0 Å². The number of hydrogen-bond acceptors (Lipinski definition) is 3. The van der Waals surface area contributed by atoms with E-state index in [2.05, 4.69) is 10.3 Å². The van der Waals surface area contributed by atoms with E-state index in [4.69, 9.17) is 10.7 Å². The van der Waals surface area contributed by atoms with E-state index < -0.39 is 33.6 Å². The highest BCUT2D eigenvalue weighted by Gasteiger charge is 2.30. The molecule has 108 valence electrons. The van der Waals surface area contributed by atoms with Crippen LogP contribution in [0, 0.1) is 0 Å². The molecule has 0 saturated heterocycles. The van der Waals surface area contributed by atoms with Crippen LogP contribution < -0.4 is 5.32 Å². The van der Waals surface area contributed by atoms with Crippen molar-refractivity contribution in [1.82, 2.24) is 10.3 Å². The van der Waals surface area contributed by atoms with Gasteiger partial charge in [-0.1, -0.05) is 0 Å². The minimum Gasteiger partial charge on any atom is -0.356 e. The second kappa shape index (κ2) is 5.41. The zero-order valence-corrected chi connectivity index (χ0v) is 11.2. The molecule has 0 aliphatic carbocycles. The number of hydrogen-bond donors (Lipinski definition) is 2. The standard InChI is InChI=1S/C9H10ClF3N2O3S/c1-5(3-9(11,12)13)15-8(16)7-2-6(4-14-7)19(10,17)18/h2,4-5,14H,3H2,1H3,(H,15,16). The van der Waals surface area contributed by atoms with E-state index in [1.807, 2.05) is 0 Å². The Balaban J connectivity index is 2.72. The molecule has 19 heavy (non-hydrogen) atoms. The molecule has 10 heteroatoms. The number of amides is 1. The van der Waals surface area contributed by atoms with Crippen LogP contribution in [0.15, 0.2) is 17.2 Å². The van der Waals surface area contributed by atoms with Gasteiger partial charge in [-0.05, 0) is 13.0 Å². The van der Waals surface area contributed by atoms with Crippen molar-refractivity contribution in [2.45, 2.75) is 30.5 Å². The molecule has 1 amide bonds. The molecule has 2 N–H and O–H groups in total. The first-order valence-electron chi connectivity index (χ1n) is 5.00. The number of nitrogens with one attached hydrogen (secondary N) is 2. The Morgan fingerprint density at radius 2 is 2.11 bits per heavy atom. The van der Waals surface area contributed by atoms with Crippen LogP contribution in [0.2, 0.25) is 0 Å². The first-order chi connectivity index (χ1) is 8.49. The van der Waals surface area contributed by atoms with E-state index in [0.717, 1.165) is 12.3 Å². The van der Waals surface area contributed by atoms with Gasteiger partial charge in [0.2, 0.25) is 0 Å². The van der Waals surface area contributed by atoms with Gasteiger partial charge in [-0.25, -0.2) is 8.42 Å². The highest BCUT2D eigenvalue weighted by Crippen LogP contribution is 2.21. The minimum absolute atomic E-state index is 0.187. The smallest absolute Gasteiger partial charge is 0.356 e. The Morgan fingerprint density at radius 1 is 1.53 bits per heavy atom. The summed E-state index contributed by atoms with van der Waals surface area (Å²) in [4.78, 5) is 13.5. The van der Waals surface area contributed by atoms with E-state index in [0.29, 0.717) is 0 Å². The Hall–Kier alpha value is -1.22. The first-order valence-corrected chi connectivity index (χ1v) is 7.30. The van der Waals surface area contributed by atoms with Gasteiger partial charge in [0.25, 0.3) is 15.0 Å². The molecule has 1 aromatic rings. The summed E-state index contributed by atoms with van der Waals surface area (Å²) < 4.78 is 58.1. The Bertz CT molecular complexity index is 568. The summed E-state index contributed by atoms with van der Waals surface area (Å²) in [6.45, 7) is 1.19. The van der Waals surface area contributed by atoms with Gasteiger partial charge in [0, 0.05) is 22.9 Å². The summed E-state index contributed by atoms with van der Waals surface area (Å²) in [5.41, 5.74) is -0.187. The topological polar surface area (TPSA) is 79.0 Å². The molecule has 1 heterocycles. The third kappa shape index (κ3) is 5.11. The lowest BCUT2D eigenvalue weighted by Gasteiger charge is -2.15. The zero-order chi connectivity index (χ0) is 14.8. The number of rotatable bonds is 4. The molecular formula is C9H10ClF3N2O3S. The summed E-state index contributed by atoms with van der Waals surface area (Å²) >= 11 is 0. The fourth-order valence-electron chi connectivity index (χ4n) is 1.35. The van der Waals surface area contributed by atoms with Crippen LogP contribution in [0.1, 0.15) is 23.8 Å². The molecular weight excluding hydrogens is 309 g/mol. The summed E-state index contributed by atoms with van der Waals surface area (Å²) in [7, 11) is 1.05. The molecule has 0 saturated carbocycles. The predicted molar refractivity (Wildman–Crippen MR) is 61.4 cm³/mol. The fourth-order valence-corrected chi connectivity index (χ4v) is 2.07. The molecule has 1 rings (SSSR count). The van der Waals surface area contributed by atoms with E-state index >= 15 is 0 Å². The van der Waals surface area contributed by atoms with Crippen LogP contribution in [0.5, 0.6) is 0 Å². The van der Waals surface area contributed by atoms with Crippen LogP contribution in [0.4, 0.5) is 13.2 Å². The van der Waals surface area contributed by atoms with Crippen molar-refractivity contribution in [3.63, 3.8) is 0 Å². The van der Waals surface area contributed by atoms with E-state index in [9.17, 15) is 26.4 Å². The van der Waals surface area contributed by atoms with Crippen LogP contribution in [0.25, 0.3) is 0 Å². The SMILES string of the molecule is CC(CC(F)(F)F)NC(=O)c1cc(S(=O)(=O)Cl)c[nH]1. The number of aromatic amines is 1. The molecule has 0 bridgehead atoms. The fraction of sp³-hybridized carbons (Fsp3) is 0.444. The van der Waals surface area contributed by atoms with Gasteiger partial charge < -0.3 is 10.3 Å². The molecule has 0 spiro atoms. The quantitative estimate of drug-likeness (QED) is 0.834. The van der Waals surface area contributed by atoms with Gasteiger partial charge in [0.15, 0.2) is 0 Å². The van der Waals surface area contributed by atoms with Gasteiger partial charge in [0.05, 0.1) is 6.42 Å². The van der Waals surface area contributed by atoms with Crippen molar-refractivity contribution in [2.24, 2.45) is 0 Å². The third-order valence-corrected chi connectivity index (χ3v) is 3.43. The highest BCUT2D eigenvalue weighted by molar-refractivity contribution is 8.13. The Morgan fingerprint density at radius 3 is 2.53 bits per heavy atom. The largest absolute Gasteiger partial charge is 0.391 e. The van der Waals surface area contributed by atoms with E-state index in [-0.39, 0.29) is 10.6 Å². The molecule has 1 aromatic heterocycles. The summed E-state index contributed by atoms with van der Waals surface area (Å²) in [5, 5.41) is 2.09. The lowest BCUT2D eigenvalue weighted by atomic mass is 10.2. The monoisotopic (exact) mass is 318 g/mol. The molecule has 0 fully saturated rings. The van der Waals surface area contributed by atoms with Crippen molar-refractivity contribution in [3.8, 4) is 0 Å². The first kappa shape index (κ1) is 15.8. The number of alkyl halides is 3. The van der Waals surface area contributed by atoms with Crippen molar-refractivity contribution < 1.29 is 26.4 Å². The van der Waals surface area contributed by atoms with Crippen molar-refractivity contribution in [3.05, 3.63) is 18.0 Å². The van der Waals surface area contributed by atoms with Gasteiger partial charge in [-0.3, -0.25) is 4.79 Å². The summed E-state index contributed by atoms with van der Waals surface area (Å²) in [6.07, 6.45) is -4.60. The summed E-state index contributed by atoms with van der Waals surface area (Å²) in [5.74, 6) is -0.844. The second-order valence-electron chi connectivity index (χ2n) is 3.88. The second-order valence-corrected chi connectivity index (χ2v) is 6.45. The molecule has 0 radical (unpaired) electrons. The number of H-pyrrole nitrogens is 1. The number of carbonyl (C=O) groups is 1. The van der Waals surface area contributed by atoms with Gasteiger partial charge in [-0.2, -0.15) is 13.2 Å². The van der Waals surface area contributed by atoms with Crippen LogP contribution in [0.3, 0.4) is 0 Å². The molecule has 0 aromatic carbocycles. The predicted octanol–water partition coefficient (Wildman–Crippen LogP) is 2.01. The maximum Gasteiger partial charge on any atom is 0.391 e. The highest BCUT2D eigenvalue weighted by atomic mass is 35.7. The lowest BCUT2D eigenvalue weighted by molar-refractivity contribution is -0.138. The van der Waals surface area contributed by atoms with Crippen molar-refractivity contribution >= 4 is 25.6 Å².